The lowest BCUT2D eigenvalue weighted by Crippen LogP contribution is -2.65. The quantitative estimate of drug-likeness (QED) is 0.732. The van der Waals surface area contributed by atoms with E-state index >= 15 is 0 Å². The Bertz CT molecular complexity index is 529. The lowest BCUT2D eigenvalue weighted by Gasteiger charge is -2.42. The summed E-state index contributed by atoms with van der Waals surface area (Å²) in [7, 11) is 0. The average molecular weight is 278 g/mol. The molecule has 3 aliphatic rings. The van der Waals surface area contributed by atoms with Crippen molar-refractivity contribution in [2.75, 3.05) is 0 Å². The average Bonchev–Trinajstić information content (AvgIpc) is 2.82. The molecule has 6 nitrogen and oxygen atoms in total. The molecule has 2 saturated heterocycles. The summed E-state index contributed by atoms with van der Waals surface area (Å²) in [6.45, 7) is 5.57. The molecule has 3 rings (SSSR count). The van der Waals surface area contributed by atoms with E-state index in [-0.39, 0.29) is 47.8 Å². The molecule has 20 heavy (non-hydrogen) atoms. The molecule has 0 spiro atoms. The van der Waals surface area contributed by atoms with Crippen LogP contribution in [0.3, 0.4) is 0 Å². The summed E-state index contributed by atoms with van der Waals surface area (Å²) in [5.74, 6) is -1.97. The van der Waals surface area contributed by atoms with Gasteiger partial charge in [-0.25, -0.2) is 0 Å². The Morgan fingerprint density at radius 3 is 2.15 bits per heavy atom. The van der Waals surface area contributed by atoms with Crippen molar-refractivity contribution >= 4 is 23.6 Å². The van der Waals surface area contributed by atoms with Crippen molar-refractivity contribution in [1.82, 2.24) is 10.2 Å². The van der Waals surface area contributed by atoms with Gasteiger partial charge in [-0.15, -0.1) is 0 Å². The van der Waals surface area contributed by atoms with Gasteiger partial charge in [-0.2, -0.15) is 0 Å². The monoisotopic (exact) mass is 278 g/mol. The summed E-state index contributed by atoms with van der Waals surface area (Å²) in [6, 6.07) is 0. The summed E-state index contributed by atoms with van der Waals surface area (Å²) in [5, 5.41) is 2.27. The number of hydrogen-bond donors (Lipinski definition) is 1. The lowest BCUT2D eigenvalue weighted by molar-refractivity contribution is -0.162. The molecule has 0 aromatic carbocycles. The Labute approximate surface area is 116 Å². The summed E-state index contributed by atoms with van der Waals surface area (Å²) < 4.78 is 0. The van der Waals surface area contributed by atoms with Gasteiger partial charge in [0.1, 0.15) is 5.54 Å². The molecule has 0 aromatic rings. The molecule has 3 unspecified atom stereocenters. The molecule has 1 saturated carbocycles. The zero-order valence-corrected chi connectivity index (χ0v) is 11.9. The van der Waals surface area contributed by atoms with E-state index in [4.69, 9.17) is 0 Å². The second kappa shape index (κ2) is 3.68. The third-order valence-corrected chi connectivity index (χ3v) is 5.25. The van der Waals surface area contributed by atoms with Crippen molar-refractivity contribution in [3.63, 3.8) is 0 Å². The molecule has 0 bridgehead atoms. The smallest absolute Gasteiger partial charge is 0.253 e. The summed E-state index contributed by atoms with van der Waals surface area (Å²) >= 11 is 0. The van der Waals surface area contributed by atoms with E-state index in [1.54, 1.807) is 6.92 Å². The van der Waals surface area contributed by atoms with Gasteiger partial charge in [0.2, 0.25) is 17.7 Å². The van der Waals surface area contributed by atoms with Crippen molar-refractivity contribution in [3.05, 3.63) is 0 Å². The Morgan fingerprint density at radius 2 is 1.70 bits per heavy atom. The molecular formula is C14H18N2O4. The fourth-order valence-corrected chi connectivity index (χ4v) is 3.82. The minimum absolute atomic E-state index is 0.162. The van der Waals surface area contributed by atoms with Crippen LogP contribution in [0, 0.1) is 17.3 Å². The third kappa shape index (κ3) is 1.34. The number of likely N-dealkylation sites (tertiary alicyclic amines) is 1. The van der Waals surface area contributed by atoms with E-state index in [1.165, 1.54) is 0 Å². The fourth-order valence-electron chi connectivity index (χ4n) is 3.82. The SMILES string of the molecule is CCC1(N2C(=O)C3C(C2=O)C3(C)C)CCC(=O)NC1=O. The Kier molecular flexibility index (Phi) is 2.44. The highest BCUT2D eigenvalue weighted by Gasteiger charge is 2.75. The van der Waals surface area contributed by atoms with Crippen LogP contribution >= 0.6 is 0 Å². The van der Waals surface area contributed by atoms with Gasteiger partial charge < -0.3 is 0 Å². The summed E-state index contributed by atoms with van der Waals surface area (Å²) in [6.07, 6.45) is 0.727. The normalized spacial score (nSPS) is 38.9. The molecule has 3 fully saturated rings. The number of nitrogens with zero attached hydrogens (tertiary/aromatic N) is 1. The molecule has 0 radical (unpaired) electrons. The first-order valence-electron chi connectivity index (χ1n) is 6.99. The molecule has 4 amide bonds. The second-order valence-electron chi connectivity index (χ2n) is 6.55. The van der Waals surface area contributed by atoms with E-state index in [2.05, 4.69) is 5.32 Å². The molecule has 1 N–H and O–H groups in total. The standard InChI is InChI=1S/C14H18N2O4/c1-4-14(6-5-7(17)15-12(14)20)16-10(18)8-9(11(16)19)13(8,2)3/h8-9H,4-6H2,1-3H3,(H,15,17,20). The largest absolute Gasteiger partial charge is 0.294 e. The van der Waals surface area contributed by atoms with E-state index in [0.717, 1.165) is 4.90 Å². The highest BCUT2D eigenvalue weighted by atomic mass is 16.2. The van der Waals surface area contributed by atoms with Crippen LogP contribution < -0.4 is 5.32 Å². The number of hydrogen-bond acceptors (Lipinski definition) is 4. The maximum absolute atomic E-state index is 12.5. The van der Waals surface area contributed by atoms with E-state index in [1.807, 2.05) is 13.8 Å². The van der Waals surface area contributed by atoms with Crippen molar-refractivity contribution in [2.45, 2.75) is 45.6 Å². The second-order valence-corrected chi connectivity index (χ2v) is 6.55. The van der Waals surface area contributed by atoms with Crippen molar-refractivity contribution in [1.29, 1.82) is 0 Å². The van der Waals surface area contributed by atoms with Gasteiger partial charge in [0.15, 0.2) is 0 Å². The Balaban J connectivity index is 1.96. The van der Waals surface area contributed by atoms with Crippen LogP contribution in [-0.4, -0.2) is 34.1 Å². The number of piperidine rings is 2. The molecular weight excluding hydrogens is 260 g/mol. The molecule has 1 aliphatic carbocycles. The van der Waals surface area contributed by atoms with Crippen molar-refractivity contribution in [2.24, 2.45) is 17.3 Å². The molecule has 2 aliphatic heterocycles. The highest BCUT2D eigenvalue weighted by molar-refractivity contribution is 6.15. The zero-order valence-electron chi connectivity index (χ0n) is 11.9. The number of imide groups is 2. The number of carbonyl (C=O) groups excluding carboxylic acids is 4. The third-order valence-electron chi connectivity index (χ3n) is 5.25. The minimum Gasteiger partial charge on any atom is -0.294 e. The number of rotatable bonds is 2. The highest BCUT2D eigenvalue weighted by Crippen LogP contribution is 2.64. The van der Waals surface area contributed by atoms with Gasteiger partial charge in [0.05, 0.1) is 11.8 Å². The van der Waals surface area contributed by atoms with Crippen LogP contribution in [-0.2, 0) is 19.2 Å². The van der Waals surface area contributed by atoms with Crippen LogP contribution in [0.1, 0.15) is 40.0 Å². The number of fused-ring (bicyclic) bond motifs is 1. The molecule has 0 aromatic heterocycles. The van der Waals surface area contributed by atoms with Crippen LogP contribution in [0.15, 0.2) is 0 Å². The van der Waals surface area contributed by atoms with E-state index in [0.29, 0.717) is 6.42 Å². The molecule has 108 valence electrons. The first-order valence-corrected chi connectivity index (χ1v) is 6.99. The number of nitrogens with one attached hydrogen (secondary N) is 1. The first kappa shape index (κ1) is 13.3. The van der Waals surface area contributed by atoms with Gasteiger partial charge in [-0.1, -0.05) is 20.8 Å². The van der Waals surface area contributed by atoms with Crippen molar-refractivity contribution < 1.29 is 19.2 Å². The van der Waals surface area contributed by atoms with Crippen LogP contribution in [0.2, 0.25) is 0 Å². The number of amides is 4. The van der Waals surface area contributed by atoms with Gasteiger partial charge in [-0.05, 0) is 18.3 Å². The maximum atomic E-state index is 12.5. The number of carbonyl (C=O) groups is 4. The topological polar surface area (TPSA) is 83.6 Å². The predicted octanol–water partition coefficient (Wildman–Crippen LogP) is 0.213. The Hall–Kier alpha value is -1.72. The maximum Gasteiger partial charge on any atom is 0.253 e. The molecule has 2 heterocycles. The van der Waals surface area contributed by atoms with Gasteiger partial charge in [0.25, 0.3) is 5.91 Å². The predicted molar refractivity (Wildman–Crippen MR) is 68.0 cm³/mol. The molecule has 3 atom stereocenters. The zero-order chi connectivity index (χ0) is 14.9. The van der Waals surface area contributed by atoms with E-state index < -0.39 is 11.4 Å². The Morgan fingerprint density at radius 1 is 1.15 bits per heavy atom. The summed E-state index contributed by atoms with van der Waals surface area (Å²) in [5.41, 5.74) is -1.47. The van der Waals surface area contributed by atoms with E-state index in [9.17, 15) is 19.2 Å². The molecule has 6 heteroatoms. The fraction of sp³-hybridized carbons (Fsp3) is 0.714. The van der Waals surface area contributed by atoms with Gasteiger partial charge >= 0.3 is 0 Å². The first-order chi connectivity index (χ1) is 9.27. The van der Waals surface area contributed by atoms with Crippen LogP contribution in [0.4, 0.5) is 0 Å². The van der Waals surface area contributed by atoms with Crippen molar-refractivity contribution in [3.8, 4) is 0 Å². The van der Waals surface area contributed by atoms with Crippen LogP contribution in [0.25, 0.3) is 0 Å². The lowest BCUT2D eigenvalue weighted by atomic mass is 9.83. The minimum atomic E-state index is -1.18. The summed E-state index contributed by atoms with van der Waals surface area (Å²) in [4.78, 5) is 49.7. The van der Waals surface area contributed by atoms with Crippen LogP contribution in [0.5, 0.6) is 0 Å². The van der Waals surface area contributed by atoms with Gasteiger partial charge in [-0.3, -0.25) is 29.4 Å². The van der Waals surface area contributed by atoms with Gasteiger partial charge in [0, 0.05) is 6.42 Å².